The van der Waals surface area contributed by atoms with Crippen molar-refractivity contribution >= 4 is 28.3 Å². The number of carbonyl (C=O) groups is 2. The molecule has 0 saturated carbocycles. The Hall–Kier alpha value is -2.88. The molecular weight excluding hydrogens is 276 g/mol. The standard InChI is InChI=1S/C18H16N2O2/c1-3-9-19-15-11-14-16(13-8-6-5-7-12(13)15)18(22)20(10-4-2)17(14)21/h3-8,11,19H,1-2,9-10H2. The number of benzene rings is 2. The second kappa shape index (κ2) is 5.48. The van der Waals surface area contributed by atoms with E-state index >= 15 is 0 Å². The zero-order valence-corrected chi connectivity index (χ0v) is 12.1. The third-order valence-corrected chi connectivity index (χ3v) is 3.73. The van der Waals surface area contributed by atoms with Crippen molar-refractivity contribution in [1.82, 2.24) is 4.90 Å². The van der Waals surface area contributed by atoms with Gasteiger partial charge in [0.1, 0.15) is 0 Å². The molecular formula is C18H16N2O2. The SMILES string of the molecule is C=CCNc1cc2c(c3ccccc13)C(=O)N(CC=C)C2=O. The number of rotatable bonds is 5. The summed E-state index contributed by atoms with van der Waals surface area (Å²) < 4.78 is 0. The number of fused-ring (bicyclic) bond motifs is 3. The molecule has 3 rings (SSSR count). The fourth-order valence-electron chi connectivity index (χ4n) is 2.77. The average molecular weight is 292 g/mol. The van der Waals surface area contributed by atoms with Crippen LogP contribution in [0.2, 0.25) is 0 Å². The molecule has 0 bridgehead atoms. The summed E-state index contributed by atoms with van der Waals surface area (Å²) in [4.78, 5) is 26.3. The van der Waals surface area contributed by atoms with Gasteiger partial charge in [-0.05, 0) is 11.5 Å². The van der Waals surface area contributed by atoms with Crippen molar-refractivity contribution in [2.45, 2.75) is 0 Å². The Morgan fingerprint density at radius 3 is 2.45 bits per heavy atom. The van der Waals surface area contributed by atoms with Crippen molar-refractivity contribution in [3.63, 3.8) is 0 Å². The van der Waals surface area contributed by atoms with Gasteiger partial charge < -0.3 is 5.32 Å². The molecule has 2 amide bonds. The Morgan fingerprint density at radius 2 is 1.77 bits per heavy atom. The van der Waals surface area contributed by atoms with Crippen LogP contribution < -0.4 is 5.32 Å². The van der Waals surface area contributed by atoms with E-state index in [9.17, 15) is 9.59 Å². The molecule has 22 heavy (non-hydrogen) atoms. The van der Waals surface area contributed by atoms with Gasteiger partial charge in [-0.2, -0.15) is 0 Å². The van der Waals surface area contributed by atoms with E-state index in [0.717, 1.165) is 16.5 Å². The summed E-state index contributed by atoms with van der Waals surface area (Å²) in [6.07, 6.45) is 3.31. The van der Waals surface area contributed by atoms with E-state index in [0.29, 0.717) is 17.7 Å². The Labute approximate surface area is 128 Å². The van der Waals surface area contributed by atoms with Crippen molar-refractivity contribution in [3.8, 4) is 0 Å². The zero-order valence-electron chi connectivity index (χ0n) is 12.1. The van der Waals surface area contributed by atoms with Crippen LogP contribution in [-0.2, 0) is 0 Å². The van der Waals surface area contributed by atoms with Gasteiger partial charge in [0.15, 0.2) is 0 Å². The van der Waals surface area contributed by atoms with Gasteiger partial charge in [0.05, 0.1) is 11.1 Å². The smallest absolute Gasteiger partial charge is 0.262 e. The maximum Gasteiger partial charge on any atom is 0.262 e. The highest BCUT2D eigenvalue weighted by Gasteiger charge is 2.36. The van der Waals surface area contributed by atoms with Crippen LogP contribution in [0.4, 0.5) is 5.69 Å². The van der Waals surface area contributed by atoms with Crippen LogP contribution in [0.5, 0.6) is 0 Å². The topological polar surface area (TPSA) is 49.4 Å². The number of amides is 2. The Kier molecular flexibility index (Phi) is 3.51. The maximum absolute atomic E-state index is 12.6. The summed E-state index contributed by atoms with van der Waals surface area (Å²) in [5, 5.41) is 4.94. The summed E-state index contributed by atoms with van der Waals surface area (Å²) in [5.74, 6) is -0.529. The molecule has 1 aliphatic rings. The average Bonchev–Trinajstić information content (AvgIpc) is 2.78. The lowest BCUT2D eigenvalue weighted by Crippen LogP contribution is -2.29. The predicted octanol–water partition coefficient (Wildman–Crippen LogP) is 3.22. The number of hydrogen-bond donors (Lipinski definition) is 1. The molecule has 2 aromatic rings. The van der Waals surface area contributed by atoms with Gasteiger partial charge in [0.25, 0.3) is 11.8 Å². The minimum absolute atomic E-state index is 0.218. The number of imide groups is 1. The normalized spacial score (nSPS) is 13.4. The highest BCUT2D eigenvalue weighted by Crippen LogP contribution is 2.35. The fraction of sp³-hybridized carbons (Fsp3) is 0.111. The first kappa shape index (κ1) is 14.1. The maximum atomic E-state index is 12.6. The summed E-state index contributed by atoms with van der Waals surface area (Å²) in [5.41, 5.74) is 1.75. The lowest BCUT2D eigenvalue weighted by molar-refractivity contribution is 0.0672. The number of nitrogens with zero attached hydrogens (tertiary/aromatic N) is 1. The van der Waals surface area contributed by atoms with Crippen molar-refractivity contribution in [3.05, 3.63) is 66.8 Å². The Bertz CT molecular complexity index is 808. The molecule has 1 N–H and O–H groups in total. The van der Waals surface area contributed by atoms with Crippen LogP contribution in [0.1, 0.15) is 20.7 Å². The van der Waals surface area contributed by atoms with Gasteiger partial charge in [-0.25, -0.2) is 0 Å². The molecule has 4 nitrogen and oxygen atoms in total. The summed E-state index contributed by atoms with van der Waals surface area (Å²) in [7, 11) is 0. The number of hydrogen-bond acceptors (Lipinski definition) is 3. The van der Waals surface area contributed by atoms with E-state index in [2.05, 4.69) is 18.5 Å². The first-order chi connectivity index (χ1) is 10.7. The zero-order chi connectivity index (χ0) is 15.7. The van der Waals surface area contributed by atoms with E-state index in [1.165, 1.54) is 4.90 Å². The Morgan fingerprint density at radius 1 is 1.05 bits per heavy atom. The molecule has 0 radical (unpaired) electrons. The molecule has 0 spiro atoms. The fourth-order valence-corrected chi connectivity index (χ4v) is 2.77. The van der Waals surface area contributed by atoms with Gasteiger partial charge in [0.2, 0.25) is 0 Å². The molecule has 4 heteroatoms. The molecule has 0 saturated heterocycles. The van der Waals surface area contributed by atoms with Crippen LogP contribution >= 0.6 is 0 Å². The highest BCUT2D eigenvalue weighted by molar-refractivity contribution is 6.28. The lowest BCUT2D eigenvalue weighted by atomic mass is 9.98. The summed E-state index contributed by atoms with van der Waals surface area (Å²) in [6.45, 7) is 8.10. The molecule has 0 atom stereocenters. The molecule has 110 valence electrons. The third kappa shape index (κ3) is 2.00. The van der Waals surface area contributed by atoms with Crippen molar-refractivity contribution in [2.24, 2.45) is 0 Å². The van der Waals surface area contributed by atoms with Crippen molar-refractivity contribution in [1.29, 1.82) is 0 Å². The molecule has 2 aromatic carbocycles. The first-order valence-electron chi connectivity index (χ1n) is 7.06. The van der Waals surface area contributed by atoms with Gasteiger partial charge >= 0.3 is 0 Å². The third-order valence-electron chi connectivity index (χ3n) is 3.73. The molecule has 1 heterocycles. The number of carbonyl (C=O) groups excluding carboxylic acids is 2. The lowest BCUT2D eigenvalue weighted by Gasteiger charge is -2.10. The van der Waals surface area contributed by atoms with Gasteiger partial charge in [-0.1, -0.05) is 36.4 Å². The first-order valence-corrected chi connectivity index (χ1v) is 7.06. The summed E-state index contributed by atoms with van der Waals surface area (Å²) in [6, 6.07) is 9.35. The van der Waals surface area contributed by atoms with Gasteiger partial charge in [-0.15, -0.1) is 13.2 Å². The van der Waals surface area contributed by atoms with E-state index in [1.807, 2.05) is 24.3 Å². The van der Waals surface area contributed by atoms with E-state index < -0.39 is 0 Å². The van der Waals surface area contributed by atoms with Gasteiger partial charge in [-0.3, -0.25) is 14.5 Å². The highest BCUT2D eigenvalue weighted by atomic mass is 16.2. The summed E-state index contributed by atoms with van der Waals surface area (Å²) >= 11 is 0. The van der Waals surface area contributed by atoms with Crippen LogP contribution in [0, 0.1) is 0 Å². The van der Waals surface area contributed by atoms with Crippen molar-refractivity contribution < 1.29 is 9.59 Å². The van der Waals surface area contributed by atoms with Crippen LogP contribution in [0.25, 0.3) is 10.8 Å². The second-order valence-electron chi connectivity index (χ2n) is 5.07. The van der Waals surface area contributed by atoms with Crippen molar-refractivity contribution in [2.75, 3.05) is 18.4 Å². The molecule has 0 unspecified atom stereocenters. The second-order valence-corrected chi connectivity index (χ2v) is 5.07. The quantitative estimate of drug-likeness (QED) is 0.680. The predicted molar refractivity (Wildman–Crippen MR) is 88.2 cm³/mol. The van der Waals surface area contributed by atoms with Crippen LogP contribution in [-0.4, -0.2) is 29.8 Å². The minimum Gasteiger partial charge on any atom is -0.381 e. The van der Waals surface area contributed by atoms with Gasteiger partial charge in [0, 0.05) is 24.2 Å². The van der Waals surface area contributed by atoms with E-state index in [4.69, 9.17) is 0 Å². The minimum atomic E-state index is -0.271. The molecule has 1 aliphatic heterocycles. The molecule has 0 fully saturated rings. The van der Waals surface area contributed by atoms with E-state index in [-0.39, 0.29) is 18.4 Å². The largest absolute Gasteiger partial charge is 0.381 e. The Balaban J connectivity index is 2.25. The number of anilines is 1. The van der Waals surface area contributed by atoms with Crippen LogP contribution in [0.3, 0.4) is 0 Å². The van der Waals surface area contributed by atoms with Crippen LogP contribution in [0.15, 0.2) is 55.6 Å². The molecule has 0 aliphatic carbocycles. The monoisotopic (exact) mass is 292 g/mol. The van der Waals surface area contributed by atoms with E-state index in [1.54, 1.807) is 18.2 Å². The number of nitrogens with one attached hydrogen (secondary N) is 1. The molecule has 0 aromatic heterocycles.